The van der Waals surface area contributed by atoms with E-state index in [1.165, 1.54) is 0 Å². The minimum atomic E-state index is -1.23. The van der Waals surface area contributed by atoms with Crippen molar-refractivity contribution < 1.29 is 14.4 Å². The number of hydrogen-bond donors (Lipinski definition) is 2. The van der Waals surface area contributed by atoms with Crippen LogP contribution in [0, 0.1) is 0 Å². The van der Waals surface area contributed by atoms with E-state index in [1.807, 2.05) is 44.2 Å². The molecule has 6 nitrogen and oxygen atoms in total. The van der Waals surface area contributed by atoms with Gasteiger partial charge in [-0.05, 0) is 30.5 Å². The SMILES string of the molecule is CC(C)c1ccccc1NC(=O)CN1C(=O)N[C@](C)(c2ccccc2Br)C1=O. The summed E-state index contributed by atoms with van der Waals surface area (Å²) >= 11 is 3.42. The van der Waals surface area contributed by atoms with Crippen LogP contribution in [-0.4, -0.2) is 29.3 Å². The minimum Gasteiger partial charge on any atom is -0.324 e. The first-order chi connectivity index (χ1) is 13.2. The van der Waals surface area contributed by atoms with Crippen molar-refractivity contribution in [2.75, 3.05) is 11.9 Å². The standard InChI is InChI=1S/C21H22BrN3O3/c1-13(2)14-8-4-7-11-17(14)23-18(26)12-25-19(27)21(3,24-20(25)28)15-9-5-6-10-16(15)22/h4-11,13H,12H2,1-3H3,(H,23,26)(H,24,28)/t21-/m1/s1. The molecule has 1 aliphatic rings. The topological polar surface area (TPSA) is 78.5 Å². The maximum absolute atomic E-state index is 13.0. The first-order valence-corrected chi connectivity index (χ1v) is 9.81. The van der Waals surface area contributed by atoms with E-state index >= 15 is 0 Å². The van der Waals surface area contributed by atoms with E-state index in [2.05, 4.69) is 26.6 Å². The zero-order valence-corrected chi connectivity index (χ0v) is 17.5. The van der Waals surface area contributed by atoms with Gasteiger partial charge in [0.15, 0.2) is 0 Å². The molecule has 2 N–H and O–H groups in total. The van der Waals surface area contributed by atoms with Crippen molar-refractivity contribution in [2.45, 2.75) is 32.2 Å². The Bertz CT molecular complexity index is 944. The van der Waals surface area contributed by atoms with Crippen LogP contribution in [0.5, 0.6) is 0 Å². The second kappa shape index (κ2) is 7.75. The summed E-state index contributed by atoms with van der Waals surface area (Å²) in [7, 11) is 0. The third-order valence-electron chi connectivity index (χ3n) is 4.85. The molecule has 0 bridgehead atoms. The van der Waals surface area contributed by atoms with Crippen molar-refractivity contribution in [3.05, 3.63) is 64.1 Å². The smallest absolute Gasteiger partial charge is 0.324 e. The van der Waals surface area contributed by atoms with Crippen LogP contribution >= 0.6 is 15.9 Å². The van der Waals surface area contributed by atoms with Crippen LogP contribution in [0.4, 0.5) is 10.5 Å². The number of anilines is 1. The Balaban J connectivity index is 1.78. The van der Waals surface area contributed by atoms with Gasteiger partial charge in [0, 0.05) is 15.7 Å². The van der Waals surface area contributed by atoms with Crippen LogP contribution in [0.3, 0.4) is 0 Å². The number of carbonyl (C=O) groups is 3. The van der Waals surface area contributed by atoms with Crippen molar-refractivity contribution in [2.24, 2.45) is 0 Å². The summed E-state index contributed by atoms with van der Waals surface area (Å²) in [6.45, 7) is 5.35. The summed E-state index contributed by atoms with van der Waals surface area (Å²) in [5.74, 6) is -0.656. The van der Waals surface area contributed by atoms with Crippen molar-refractivity contribution >= 4 is 39.5 Å². The molecular weight excluding hydrogens is 422 g/mol. The number of imide groups is 1. The average Bonchev–Trinajstić information content (AvgIpc) is 2.86. The van der Waals surface area contributed by atoms with Crippen molar-refractivity contribution in [3.63, 3.8) is 0 Å². The molecule has 1 fully saturated rings. The number of nitrogens with zero attached hydrogens (tertiary/aromatic N) is 1. The normalized spacial score (nSPS) is 19.1. The molecule has 0 radical (unpaired) electrons. The molecule has 1 heterocycles. The molecule has 1 atom stereocenters. The molecule has 4 amide bonds. The van der Waals surface area contributed by atoms with E-state index in [0.717, 1.165) is 10.5 Å². The van der Waals surface area contributed by atoms with Gasteiger partial charge in [-0.2, -0.15) is 0 Å². The molecule has 0 spiro atoms. The molecule has 2 aromatic rings. The van der Waals surface area contributed by atoms with Crippen LogP contribution in [-0.2, 0) is 15.1 Å². The van der Waals surface area contributed by atoms with Crippen molar-refractivity contribution in [3.8, 4) is 0 Å². The van der Waals surface area contributed by atoms with Gasteiger partial charge in [-0.25, -0.2) is 4.79 Å². The summed E-state index contributed by atoms with van der Waals surface area (Å²) in [5.41, 5.74) is 1.09. The van der Waals surface area contributed by atoms with E-state index in [-0.39, 0.29) is 12.5 Å². The summed E-state index contributed by atoms with van der Waals surface area (Å²) in [4.78, 5) is 38.9. The van der Waals surface area contributed by atoms with Gasteiger partial charge in [0.1, 0.15) is 12.1 Å². The Morgan fingerprint density at radius 3 is 2.46 bits per heavy atom. The maximum Gasteiger partial charge on any atom is 0.325 e. The number of hydrogen-bond acceptors (Lipinski definition) is 3. The molecule has 0 saturated carbocycles. The van der Waals surface area contributed by atoms with Crippen LogP contribution < -0.4 is 10.6 Å². The third-order valence-corrected chi connectivity index (χ3v) is 5.54. The predicted octanol–water partition coefficient (Wildman–Crippen LogP) is 3.98. The molecule has 1 saturated heterocycles. The average molecular weight is 444 g/mol. The number of rotatable bonds is 5. The second-order valence-electron chi connectivity index (χ2n) is 7.22. The molecule has 7 heteroatoms. The highest BCUT2D eigenvalue weighted by Crippen LogP contribution is 2.33. The van der Waals surface area contributed by atoms with E-state index in [1.54, 1.807) is 25.1 Å². The summed E-state index contributed by atoms with van der Waals surface area (Å²) in [5, 5.41) is 5.53. The van der Waals surface area contributed by atoms with Gasteiger partial charge in [0.05, 0.1) is 0 Å². The fraction of sp³-hybridized carbons (Fsp3) is 0.286. The van der Waals surface area contributed by atoms with Gasteiger partial charge in [-0.1, -0.05) is 66.2 Å². The van der Waals surface area contributed by atoms with Gasteiger partial charge in [0.2, 0.25) is 5.91 Å². The predicted molar refractivity (Wildman–Crippen MR) is 111 cm³/mol. The number of nitrogens with one attached hydrogen (secondary N) is 2. The quantitative estimate of drug-likeness (QED) is 0.685. The van der Waals surface area contributed by atoms with Gasteiger partial charge < -0.3 is 10.6 Å². The number of benzene rings is 2. The zero-order valence-electron chi connectivity index (χ0n) is 16.0. The Morgan fingerprint density at radius 2 is 1.79 bits per heavy atom. The number of halogens is 1. The molecule has 0 aromatic heterocycles. The first-order valence-electron chi connectivity index (χ1n) is 9.02. The van der Waals surface area contributed by atoms with E-state index in [9.17, 15) is 14.4 Å². The highest BCUT2D eigenvalue weighted by molar-refractivity contribution is 9.10. The summed E-state index contributed by atoms with van der Waals surface area (Å²) in [6.07, 6.45) is 0. The highest BCUT2D eigenvalue weighted by Gasteiger charge is 2.50. The lowest BCUT2D eigenvalue weighted by Gasteiger charge is -2.23. The molecule has 0 aliphatic carbocycles. The molecule has 2 aromatic carbocycles. The van der Waals surface area contributed by atoms with Crippen LogP contribution in [0.1, 0.15) is 37.8 Å². The number of amides is 4. The monoisotopic (exact) mass is 443 g/mol. The van der Waals surface area contributed by atoms with E-state index < -0.39 is 23.4 Å². The Hall–Kier alpha value is -2.67. The van der Waals surface area contributed by atoms with Crippen LogP contribution in [0.25, 0.3) is 0 Å². The lowest BCUT2D eigenvalue weighted by atomic mass is 9.92. The fourth-order valence-electron chi connectivity index (χ4n) is 3.34. The second-order valence-corrected chi connectivity index (χ2v) is 8.07. The fourth-order valence-corrected chi connectivity index (χ4v) is 4.02. The van der Waals surface area contributed by atoms with E-state index in [4.69, 9.17) is 0 Å². The number of carbonyl (C=O) groups excluding carboxylic acids is 3. The zero-order chi connectivity index (χ0) is 20.5. The van der Waals surface area contributed by atoms with Gasteiger partial charge in [-0.15, -0.1) is 0 Å². The molecule has 3 rings (SSSR count). The first kappa shape index (κ1) is 20.1. The Kier molecular flexibility index (Phi) is 5.56. The third kappa shape index (κ3) is 3.67. The minimum absolute atomic E-state index is 0.229. The molecular formula is C21H22BrN3O3. The number of urea groups is 1. The molecule has 0 unspecified atom stereocenters. The lowest BCUT2D eigenvalue weighted by Crippen LogP contribution is -2.42. The number of para-hydroxylation sites is 1. The molecule has 1 aliphatic heterocycles. The van der Waals surface area contributed by atoms with Crippen LogP contribution in [0.15, 0.2) is 53.0 Å². The van der Waals surface area contributed by atoms with Gasteiger partial charge in [-0.3, -0.25) is 14.5 Å². The summed E-state index contributed by atoms with van der Waals surface area (Å²) in [6, 6.07) is 14.1. The largest absolute Gasteiger partial charge is 0.325 e. The Morgan fingerprint density at radius 1 is 1.14 bits per heavy atom. The van der Waals surface area contributed by atoms with Gasteiger partial charge in [0.25, 0.3) is 5.91 Å². The van der Waals surface area contributed by atoms with Crippen molar-refractivity contribution in [1.29, 1.82) is 0 Å². The van der Waals surface area contributed by atoms with E-state index in [0.29, 0.717) is 15.7 Å². The summed E-state index contributed by atoms with van der Waals surface area (Å²) < 4.78 is 0.711. The lowest BCUT2D eigenvalue weighted by molar-refractivity contribution is -0.133. The molecule has 146 valence electrons. The van der Waals surface area contributed by atoms with Crippen molar-refractivity contribution in [1.82, 2.24) is 10.2 Å². The highest BCUT2D eigenvalue weighted by atomic mass is 79.9. The van der Waals surface area contributed by atoms with Gasteiger partial charge >= 0.3 is 6.03 Å². The Labute approximate surface area is 172 Å². The van der Waals surface area contributed by atoms with Crippen LogP contribution in [0.2, 0.25) is 0 Å². The maximum atomic E-state index is 13.0. The molecule has 28 heavy (non-hydrogen) atoms.